The standard InChI is InChI=1S/C24H30N2O4S/c1-17-13-18(2)15-19(14-17)22-16-24(3,4)26(25-22)23(27)7-6-12-30-20-8-10-21(11-9-20)31(5,28)29/h8-11,13-15H,6-7,12,16H2,1-5H3. The number of hydrazone groups is 1. The monoisotopic (exact) mass is 442 g/mol. The Labute approximate surface area is 184 Å². The molecule has 1 heterocycles. The number of nitrogens with zero attached hydrogens (tertiary/aromatic N) is 2. The maximum Gasteiger partial charge on any atom is 0.243 e. The Morgan fingerprint density at radius 1 is 1.10 bits per heavy atom. The van der Waals surface area contributed by atoms with Crippen molar-refractivity contribution >= 4 is 21.5 Å². The lowest BCUT2D eigenvalue weighted by molar-refractivity contribution is -0.135. The van der Waals surface area contributed by atoms with E-state index in [4.69, 9.17) is 4.74 Å². The van der Waals surface area contributed by atoms with Crippen molar-refractivity contribution in [2.45, 2.75) is 57.4 Å². The number of benzene rings is 2. The summed E-state index contributed by atoms with van der Waals surface area (Å²) in [6, 6.07) is 12.6. The first-order chi connectivity index (χ1) is 14.5. The fourth-order valence-electron chi connectivity index (χ4n) is 3.77. The third-order valence-electron chi connectivity index (χ3n) is 5.24. The normalized spacial score (nSPS) is 15.6. The van der Waals surface area contributed by atoms with E-state index in [1.807, 2.05) is 13.8 Å². The van der Waals surface area contributed by atoms with Crippen LogP contribution in [0.4, 0.5) is 0 Å². The molecule has 1 aliphatic heterocycles. The number of hydrogen-bond acceptors (Lipinski definition) is 5. The lowest BCUT2D eigenvalue weighted by Crippen LogP contribution is -2.40. The number of carbonyl (C=O) groups excluding carboxylic acids is 1. The van der Waals surface area contributed by atoms with E-state index >= 15 is 0 Å². The van der Waals surface area contributed by atoms with Crippen molar-refractivity contribution in [3.05, 3.63) is 59.2 Å². The van der Waals surface area contributed by atoms with Gasteiger partial charge in [0.05, 0.1) is 22.8 Å². The molecule has 0 bridgehead atoms. The number of amides is 1. The van der Waals surface area contributed by atoms with E-state index in [0.717, 1.165) is 11.3 Å². The van der Waals surface area contributed by atoms with Gasteiger partial charge in [0.15, 0.2) is 9.84 Å². The first-order valence-corrected chi connectivity index (χ1v) is 12.3. The van der Waals surface area contributed by atoms with Gasteiger partial charge in [-0.2, -0.15) is 5.10 Å². The molecule has 0 aromatic heterocycles. The Morgan fingerprint density at radius 2 is 1.71 bits per heavy atom. The second-order valence-electron chi connectivity index (χ2n) is 8.81. The van der Waals surface area contributed by atoms with Gasteiger partial charge in [-0.1, -0.05) is 29.3 Å². The Kier molecular flexibility index (Phi) is 6.55. The van der Waals surface area contributed by atoms with E-state index in [0.29, 0.717) is 31.6 Å². The number of rotatable bonds is 7. The van der Waals surface area contributed by atoms with Gasteiger partial charge in [0.2, 0.25) is 5.91 Å². The Balaban J connectivity index is 1.57. The van der Waals surface area contributed by atoms with Crippen molar-refractivity contribution in [1.29, 1.82) is 0 Å². The van der Waals surface area contributed by atoms with Crippen LogP contribution in [0, 0.1) is 13.8 Å². The van der Waals surface area contributed by atoms with Gasteiger partial charge >= 0.3 is 0 Å². The van der Waals surface area contributed by atoms with Crippen LogP contribution in [0.5, 0.6) is 5.75 Å². The molecule has 0 atom stereocenters. The molecule has 2 aromatic rings. The van der Waals surface area contributed by atoms with Gasteiger partial charge in [-0.3, -0.25) is 4.79 Å². The molecule has 1 amide bonds. The zero-order valence-corrected chi connectivity index (χ0v) is 19.6. The summed E-state index contributed by atoms with van der Waals surface area (Å²) in [5.41, 5.74) is 4.00. The van der Waals surface area contributed by atoms with Crippen molar-refractivity contribution in [3.8, 4) is 5.75 Å². The lowest BCUT2D eigenvalue weighted by Gasteiger charge is -2.28. The van der Waals surface area contributed by atoms with Crippen LogP contribution in [0.1, 0.15) is 49.8 Å². The molecule has 166 valence electrons. The zero-order valence-electron chi connectivity index (χ0n) is 18.8. The van der Waals surface area contributed by atoms with Gasteiger partial charge in [-0.05, 0) is 63.9 Å². The van der Waals surface area contributed by atoms with Gasteiger partial charge in [-0.15, -0.1) is 0 Å². The summed E-state index contributed by atoms with van der Waals surface area (Å²) in [6.45, 7) is 8.56. The van der Waals surface area contributed by atoms with E-state index in [1.165, 1.54) is 29.5 Å². The van der Waals surface area contributed by atoms with Gasteiger partial charge < -0.3 is 4.74 Å². The summed E-state index contributed by atoms with van der Waals surface area (Å²) in [6.07, 6.45) is 2.76. The minimum Gasteiger partial charge on any atom is -0.494 e. The largest absolute Gasteiger partial charge is 0.494 e. The number of aryl methyl sites for hydroxylation is 2. The smallest absolute Gasteiger partial charge is 0.243 e. The van der Waals surface area contributed by atoms with Crippen LogP contribution in [0.15, 0.2) is 52.5 Å². The second kappa shape index (κ2) is 8.83. The summed E-state index contributed by atoms with van der Waals surface area (Å²) < 4.78 is 28.7. The van der Waals surface area contributed by atoms with Crippen molar-refractivity contribution in [2.75, 3.05) is 12.9 Å². The van der Waals surface area contributed by atoms with Crippen molar-refractivity contribution in [2.24, 2.45) is 5.10 Å². The van der Waals surface area contributed by atoms with Crippen molar-refractivity contribution in [1.82, 2.24) is 5.01 Å². The first-order valence-electron chi connectivity index (χ1n) is 10.4. The Morgan fingerprint density at radius 3 is 2.29 bits per heavy atom. The minimum atomic E-state index is -3.22. The van der Waals surface area contributed by atoms with E-state index in [2.05, 4.69) is 37.1 Å². The molecule has 0 saturated carbocycles. The van der Waals surface area contributed by atoms with E-state index in [9.17, 15) is 13.2 Å². The van der Waals surface area contributed by atoms with Gasteiger partial charge in [-0.25, -0.2) is 13.4 Å². The molecule has 1 aliphatic rings. The van der Waals surface area contributed by atoms with Crippen molar-refractivity contribution < 1.29 is 17.9 Å². The molecule has 7 heteroatoms. The minimum absolute atomic E-state index is 0.0274. The number of carbonyl (C=O) groups is 1. The van der Waals surface area contributed by atoms with Gasteiger partial charge in [0, 0.05) is 19.1 Å². The predicted octanol–water partition coefficient (Wildman–Crippen LogP) is 4.28. The van der Waals surface area contributed by atoms with E-state index < -0.39 is 9.84 Å². The predicted molar refractivity (Wildman–Crippen MR) is 122 cm³/mol. The summed E-state index contributed by atoms with van der Waals surface area (Å²) in [4.78, 5) is 13.1. The highest BCUT2D eigenvalue weighted by atomic mass is 32.2. The molecule has 2 aromatic carbocycles. The number of ether oxygens (including phenoxy) is 1. The van der Waals surface area contributed by atoms with Crippen LogP contribution in [-0.4, -0.2) is 43.4 Å². The van der Waals surface area contributed by atoms with Crippen molar-refractivity contribution in [3.63, 3.8) is 0 Å². The maximum atomic E-state index is 12.8. The van der Waals surface area contributed by atoms with E-state index in [-0.39, 0.29) is 16.3 Å². The third-order valence-corrected chi connectivity index (χ3v) is 6.37. The van der Waals surface area contributed by atoms with Crippen LogP contribution in [0.25, 0.3) is 0 Å². The van der Waals surface area contributed by atoms with Crippen LogP contribution in [-0.2, 0) is 14.6 Å². The molecule has 0 radical (unpaired) electrons. The highest BCUT2D eigenvalue weighted by Gasteiger charge is 2.38. The fraction of sp³-hybridized carbons (Fsp3) is 0.417. The molecule has 0 spiro atoms. The summed E-state index contributed by atoms with van der Waals surface area (Å²) in [5.74, 6) is 0.553. The molecule has 0 N–H and O–H groups in total. The Bertz CT molecular complexity index is 1080. The topological polar surface area (TPSA) is 76.0 Å². The first kappa shape index (κ1) is 23.0. The van der Waals surface area contributed by atoms with Gasteiger partial charge in [0.1, 0.15) is 5.75 Å². The zero-order chi connectivity index (χ0) is 22.8. The number of sulfone groups is 1. The molecule has 6 nitrogen and oxygen atoms in total. The average Bonchev–Trinajstić information content (AvgIpc) is 2.99. The summed E-state index contributed by atoms with van der Waals surface area (Å²) in [5, 5.41) is 6.28. The van der Waals surface area contributed by atoms with Crippen LogP contribution in [0.3, 0.4) is 0 Å². The molecule has 31 heavy (non-hydrogen) atoms. The Hall–Kier alpha value is -2.67. The van der Waals surface area contributed by atoms with E-state index in [1.54, 1.807) is 17.1 Å². The quantitative estimate of drug-likeness (QED) is 0.600. The SMILES string of the molecule is Cc1cc(C)cc(C2=NN(C(=O)CCCOc3ccc(S(C)(=O)=O)cc3)C(C)(C)C2)c1. The van der Waals surface area contributed by atoms with Gasteiger partial charge in [0.25, 0.3) is 0 Å². The molecule has 3 rings (SSSR count). The summed E-state index contributed by atoms with van der Waals surface area (Å²) >= 11 is 0. The lowest BCUT2D eigenvalue weighted by atomic mass is 9.93. The molecule has 0 aliphatic carbocycles. The molecule has 0 saturated heterocycles. The van der Waals surface area contributed by atoms with Crippen LogP contribution >= 0.6 is 0 Å². The van der Waals surface area contributed by atoms with Crippen LogP contribution < -0.4 is 4.74 Å². The number of hydrogen-bond donors (Lipinski definition) is 0. The molecule has 0 fully saturated rings. The highest BCUT2D eigenvalue weighted by Crippen LogP contribution is 2.31. The highest BCUT2D eigenvalue weighted by molar-refractivity contribution is 7.90. The summed E-state index contributed by atoms with van der Waals surface area (Å²) in [7, 11) is -3.22. The average molecular weight is 443 g/mol. The fourth-order valence-corrected chi connectivity index (χ4v) is 4.40. The third kappa shape index (κ3) is 5.73. The maximum absolute atomic E-state index is 12.8. The second-order valence-corrected chi connectivity index (χ2v) is 10.8. The molecular weight excluding hydrogens is 412 g/mol. The molecule has 0 unspecified atom stereocenters. The molecular formula is C24H30N2O4S. The van der Waals surface area contributed by atoms with Crippen LogP contribution in [0.2, 0.25) is 0 Å².